The van der Waals surface area contributed by atoms with E-state index < -0.39 is 14.9 Å². The van der Waals surface area contributed by atoms with Crippen LogP contribution in [0.5, 0.6) is 0 Å². The van der Waals surface area contributed by atoms with E-state index in [2.05, 4.69) is 5.92 Å². The standard InChI is InChI=1S/C13H16N2O4S/c1-4-9-14(10-5-2)20(18,19)13-8-6-7-12(11(13)3)15(16)17/h1,6-8H,5,9-10H2,2-3H3. The largest absolute Gasteiger partial charge is 0.273 e. The summed E-state index contributed by atoms with van der Waals surface area (Å²) < 4.78 is 26.2. The van der Waals surface area contributed by atoms with E-state index in [0.717, 1.165) is 4.31 Å². The van der Waals surface area contributed by atoms with Crippen molar-refractivity contribution in [2.75, 3.05) is 13.1 Å². The van der Waals surface area contributed by atoms with Crippen LogP contribution in [0.2, 0.25) is 0 Å². The minimum Gasteiger partial charge on any atom is -0.258 e. The zero-order valence-electron chi connectivity index (χ0n) is 11.4. The van der Waals surface area contributed by atoms with Crippen LogP contribution in [-0.2, 0) is 10.0 Å². The molecule has 0 fully saturated rings. The van der Waals surface area contributed by atoms with Crippen molar-refractivity contribution in [2.24, 2.45) is 0 Å². The predicted octanol–water partition coefficient (Wildman–Crippen LogP) is 1.94. The van der Waals surface area contributed by atoms with Crippen LogP contribution < -0.4 is 0 Å². The van der Waals surface area contributed by atoms with Gasteiger partial charge in [-0.05, 0) is 19.4 Å². The van der Waals surface area contributed by atoms with Crippen LogP contribution >= 0.6 is 0 Å². The number of hydrogen-bond donors (Lipinski definition) is 0. The number of terminal acetylenes is 1. The first-order valence-electron chi connectivity index (χ1n) is 6.03. The van der Waals surface area contributed by atoms with Gasteiger partial charge in [-0.3, -0.25) is 10.1 Å². The van der Waals surface area contributed by atoms with E-state index in [4.69, 9.17) is 6.42 Å². The van der Waals surface area contributed by atoms with Crippen molar-refractivity contribution in [1.29, 1.82) is 0 Å². The third-order valence-corrected chi connectivity index (χ3v) is 4.80. The molecule has 1 rings (SSSR count). The number of nitro benzene ring substituents is 1. The molecule has 0 aliphatic heterocycles. The molecule has 0 saturated carbocycles. The van der Waals surface area contributed by atoms with Gasteiger partial charge in [0.1, 0.15) is 0 Å². The van der Waals surface area contributed by atoms with Gasteiger partial charge in [0.05, 0.1) is 16.4 Å². The maximum Gasteiger partial charge on any atom is 0.273 e. The summed E-state index contributed by atoms with van der Waals surface area (Å²) in [5.41, 5.74) is -0.0983. The minimum atomic E-state index is -3.83. The second-order valence-electron chi connectivity index (χ2n) is 4.20. The summed E-state index contributed by atoms with van der Waals surface area (Å²) in [7, 11) is -3.83. The van der Waals surface area contributed by atoms with Gasteiger partial charge in [0.2, 0.25) is 10.0 Å². The van der Waals surface area contributed by atoms with Gasteiger partial charge in [-0.25, -0.2) is 8.42 Å². The normalized spacial score (nSPS) is 11.3. The molecule has 0 aromatic heterocycles. The van der Waals surface area contributed by atoms with E-state index in [1.165, 1.54) is 25.1 Å². The third-order valence-electron chi connectivity index (χ3n) is 2.81. The summed E-state index contributed by atoms with van der Waals surface area (Å²) >= 11 is 0. The molecule has 0 saturated heterocycles. The fraction of sp³-hybridized carbons (Fsp3) is 0.385. The summed E-state index contributed by atoms with van der Waals surface area (Å²) in [5.74, 6) is 2.30. The molecular formula is C13H16N2O4S. The lowest BCUT2D eigenvalue weighted by Crippen LogP contribution is -2.32. The Morgan fingerprint density at radius 1 is 1.45 bits per heavy atom. The summed E-state index contributed by atoms with van der Waals surface area (Å²) in [6.07, 6.45) is 5.79. The third kappa shape index (κ3) is 3.15. The van der Waals surface area contributed by atoms with E-state index in [0.29, 0.717) is 6.42 Å². The molecule has 0 N–H and O–H groups in total. The van der Waals surface area contributed by atoms with Crippen LogP contribution in [0, 0.1) is 29.4 Å². The monoisotopic (exact) mass is 296 g/mol. The van der Waals surface area contributed by atoms with Crippen LogP contribution in [0.1, 0.15) is 18.9 Å². The molecule has 0 heterocycles. The van der Waals surface area contributed by atoms with Gasteiger partial charge in [0.15, 0.2) is 0 Å². The first-order chi connectivity index (χ1) is 9.36. The molecule has 6 nitrogen and oxygen atoms in total. The first kappa shape index (κ1) is 16.1. The number of nitrogens with zero attached hydrogens (tertiary/aromatic N) is 2. The molecule has 20 heavy (non-hydrogen) atoms. The van der Waals surface area contributed by atoms with Gasteiger partial charge >= 0.3 is 0 Å². The van der Waals surface area contributed by atoms with E-state index in [9.17, 15) is 18.5 Å². The second-order valence-corrected chi connectivity index (χ2v) is 6.11. The highest BCUT2D eigenvalue weighted by molar-refractivity contribution is 7.89. The topological polar surface area (TPSA) is 80.5 Å². The van der Waals surface area contributed by atoms with Crippen LogP contribution in [0.4, 0.5) is 5.69 Å². The Balaban J connectivity index is 3.38. The van der Waals surface area contributed by atoms with E-state index in [-0.39, 0.29) is 29.2 Å². The van der Waals surface area contributed by atoms with Crippen molar-refractivity contribution >= 4 is 15.7 Å². The molecule has 1 aromatic carbocycles. The molecule has 1 aromatic rings. The molecule has 0 radical (unpaired) electrons. The lowest BCUT2D eigenvalue weighted by atomic mass is 10.2. The molecule has 7 heteroatoms. The highest BCUT2D eigenvalue weighted by atomic mass is 32.2. The number of benzene rings is 1. The molecule has 108 valence electrons. The van der Waals surface area contributed by atoms with Gasteiger partial charge in [0.25, 0.3) is 5.69 Å². The Morgan fingerprint density at radius 3 is 2.60 bits per heavy atom. The molecule has 0 aliphatic rings. The zero-order chi connectivity index (χ0) is 15.3. The van der Waals surface area contributed by atoms with Crippen molar-refractivity contribution < 1.29 is 13.3 Å². The minimum absolute atomic E-state index is 0.0572. The summed E-state index contributed by atoms with van der Waals surface area (Å²) in [5, 5.41) is 10.9. The van der Waals surface area contributed by atoms with Crippen molar-refractivity contribution in [1.82, 2.24) is 4.31 Å². The Hall–Kier alpha value is -1.91. The van der Waals surface area contributed by atoms with Gasteiger partial charge in [-0.1, -0.05) is 18.9 Å². The van der Waals surface area contributed by atoms with Crippen LogP contribution in [0.25, 0.3) is 0 Å². The van der Waals surface area contributed by atoms with Crippen LogP contribution in [-0.4, -0.2) is 30.7 Å². The smallest absolute Gasteiger partial charge is 0.258 e. The van der Waals surface area contributed by atoms with Crippen molar-refractivity contribution in [2.45, 2.75) is 25.2 Å². The van der Waals surface area contributed by atoms with Crippen molar-refractivity contribution in [3.63, 3.8) is 0 Å². The van der Waals surface area contributed by atoms with Gasteiger partial charge in [-0.15, -0.1) is 6.42 Å². The lowest BCUT2D eigenvalue weighted by molar-refractivity contribution is -0.385. The van der Waals surface area contributed by atoms with E-state index >= 15 is 0 Å². The quantitative estimate of drug-likeness (QED) is 0.456. The average Bonchev–Trinajstić information content (AvgIpc) is 2.38. The molecule has 0 spiro atoms. The molecule has 0 bridgehead atoms. The van der Waals surface area contributed by atoms with E-state index in [1.54, 1.807) is 0 Å². The molecular weight excluding hydrogens is 280 g/mol. The van der Waals surface area contributed by atoms with Crippen LogP contribution in [0.15, 0.2) is 23.1 Å². The fourth-order valence-corrected chi connectivity index (χ4v) is 3.54. The fourth-order valence-electron chi connectivity index (χ4n) is 1.85. The highest BCUT2D eigenvalue weighted by Gasteiger charge is 2.28. The molecule has 0 aliphatic carbocycles. The summed E-state index contributed by atoms with van der Waals surface area (Å²) in [4.78, 5) is 10.2. The Bertz CT molecular complexity index is 647. The van der Waals surface area contributed by atoms with E-state index in [1.807, 2.05) is 6.92 Å². The van der Waals surface area contributed by atoms with Crippen molar-refractivity contribution in [3.05, 3.63) is 33.9 Å². The number of hydrogen-bond acceptors (Lipinski definition) is 4. The van der Waals surface area contributed by atoms with Gasteiger partial charge in [-0.2, -0.15) is 4.31 Å². The number of sulfonamides is 1. The molecule has 0 amide bonds. The van der Waals surface area contributed by atoms with Gasteiger partial charge < -0.3 is 0 Å². The number of nitro groups is 1. The summed E-state index contributed by atoms with van der Waals surface area (Å²) in [6.45, 7) is 3.47. The Labute approximate surface area is 118 Å². The van der Waals surface area contributed by atoms with Gasteiger partial charge in [0, 0.05) is 18.2 Å². The molecule has 0 atom stereocenters. The average molecular weight is 296 g/mol. The number of rotatable bonds is 6. The summed E-state index contributed by atoms with van der Waals surface area (Å²) in [6, 6.07) is 3.99. The lowest BCUT2D eigenvalue weighted by Gasteiger charge is -2.20. The second kappa shape index (κ2) is 6.50. The Kier molecular flexibility index (Phi) is 5.25. The maximum atomic E-state index is 12.5. The van der Waals surface area contributed by atoms with Crippen molar-refractivity contribution in [3.8, 4) is 12.3 Å². The SMILES string of the molecule is C#CCN(CCC)S(=O)(=O)c1cccc([N+](=O)[O-])c1C. The zero-order valence-corrected chi connectivity index (χ0v) is 12.2. The van der Waals surface area contributed by atoms with Crippen LogP contribution in [0.3, 0.4) is 0 Å². The maximum absolute atomic E-state index is 12.5. The highest BCUT2D eigenvalue weighted by Crippen LogP contribution is 2.27. The predicted molar refractivity (Wildman–Crippen MR) is 75.7 cm³/mol. The first-order valence-corrected chi connectivity index (χ1v) is 7.47. The Morgan fingerprint density at radius 2 is 2.10 bits per heavy atom. The molecule has 0 unspecified atom stereocenters.